The highest BCUT2D eigenvalue weighted by Crippen LogP contribution is 2.17. The fourth-order valence-corrected chi connectivity index (χ4v) is 3.72. The van der Waals surface area contributed by atoms with E-state index in [1.807, 2.05) is 0 Å². The molecule has 0 bridgehead atoms. The lowest BCUT2D eigenvalue weighted by Crippen LogP contribution is -2.57. The van der Waals surface area contributed by atoms with E-state index in [9.17, 15) is 22.8 Å². The Labute approximate surface area is 151 Å². The number of carbonyl (C=O) groups excluding carboxylic acids is 3. The molecule has 9 nitrogen and oxygen atoms in total. The molecule has 1 heterocycles. The first-order valence-electron chi connectivity index (χ1n) is 8.05. The smallest absolute Gasteiger partial charge is 0.308 e. The predicted molar refractivity (Wildman–Crippen MR) is 91.8 cm³/mol. The van der Waals surface area contributed by atoms with E-state index in [1.54, 1.807) is 6.92 Å². The lowest BCUT2D eigenvalue weighted by molar-refractivity contribution is -0.145. The number of esters is 1. The van der Waals surface area contributed by atoms with Crippen LogP contribution in [0.3, 0.4) is 0 Å². The Morgan fingerprint density at radius 2 is 2.12 bits per heavy atom. The van der Waals surface area contributed by atoms with Crippen LogP contribution in [0, 0.1) is 0 Å². The summed E-state index contributed by atoms with van der Waals surface area (Å²) in [7, 11) is -2.52. The molecule has 26 heavy (non-hydrogen) atoms. The molecule has 1 aliphatic heterocycles. The highest BCUT2D eigenvalue weighted by Gasteiger charge is 2.35. The van der Waals surface area contributed by atoms with E-state index in [4.69, 9.17) is 0 Å². The Kier molecular flexibility index (Phi) is 6.32. The molecule has 10 heteroatoms. The van der Waals surface area contributed by atoms with E-state index in [0.717, 1.165) is 0 Å². The molecule has 1 aromatic carbocycles. The maximum atomic E-state index is 12.8. The van der Waals surface area contributed by atoms with Gasteiger partial charge in [-0.2, -0.15) is 0 Å². The van der Waals surface area contributed by atoms with Crippen molar-refractivity contribution in [3.8, 4) is 0 Å². The fraction of sp³-hybridized carbons (Fsp3) is 0.438. The van der Waals surface area contributed by atoms with Crippen LogP contribution in [0.15, 0.2) is 29.2 Å². The molecule has 2 rings (SSSR count). The van der Waals surface area contributed by atoms with Crippen molar-refractivity contribution in [1.29, 1.82) is 0 Å². The van der Waals surface area contributed by atoms with Crippen LogP contribution in [0.5, 0.6) is 0 Å². The van der Waals surface area contributed by atoms with Crippen molar-refractivity contribution in [1.82, 2.24) is 14.9 Å². The van der Waals surface area contributed by atoms with Crippen molar-refractivity contribution in [3.63, 3.8) is 0 Å². The quantitative estimate of drug-likeness (QED) is 0.638. The highest BCUT2D eigenvalue weighted by molar-refractivity contribution is 7.89. The first-order chi connectivity index (χ1) is 12.3. The molecule has 1 aliphatic rings. The van der Waals surface area contributed by atoms with Gasteiger partial charge in [0.25, 0.3) is 5.91 Å². The number of nitrogens with one attached hydrogen (secondary N) is 2. The van der Waals surface area contributed by atoms with Gasteiger partial charge in [-0.15, -0.1) is 0 Å². The fourth-order valence-electron chi connectivity index (χ4n) is 2.64. The number of rotatable bonds is 6. The summed E-state index contributed by atoms with van der Waals surface area (Å²) in [4.78, 5) is 37.7. The van der Waals surface area contributed by atoms with Crippen molar-refractivity contribution in [3.05, 3.63) is 29.8 Å². The van der Waals surface area contributed by atoms with Crippen LogP contribution in [0.25, 0.3) is 0 Å². The SMILES string of the molecule is CCNS(=O)(=O)c1cccc(C(=O)N2CCNC(=O)C2CC(=O)OC)c1. The first-order valence-corrected chi connectivity index (χ1v) is 9.53. The first kappa shape index (κ1) is 19.9. The Bertz CT molecular complexity index is 808. The zero-order chi connectivity index (χ0) is 19.3. The molecule has 0 aliphatic carbocycles. The number of piperazine rings is 1. The van der Waals surface area contributed by atoms with Gasteiger partial charge in [0.05, 0.1) is 18.4 Å². The average molecular weight is 383 g/mol. The second kappa shape index (κ2) is 8.28. The topological polar surface area (TPSA) is 122 Å². The molecule has 2 amide bonds. The number of hydrogen-bond acceptors (Lipinski definition) is 6. The van der Waals surface area contributed by atoms with Gasteiger partial charge >= 0.3 is 5.97 Å². The highest BCUT2D eigenvalue weighted by atomic mass is 32.2. The van der Waals surface area contributed by atoms with Gasteiger partial charge in [-0.25, -0.2) is 13.1 Å². The minimum Gasteiger partial charge on any atom is -0.469 e. The maximum Gasteiger partial charge on any atom is 0.308 e. The molecule has 0 aromatic heterocycles. The third-order valence-electron chi connectivity index (χ3n) is 3.91. The largest absolute Gasteiger partial charge is 0.469 e. The van der Waals surface area contributed by atoms with Gasteiger partial charge in [0, 0.05) is 25.2 Å². The van der Waals surface area contributed by atoms with Gasteiger partial charge in [0.1, 0.15) is 6.04 Å². The van der Waals surface area contributed by atoms with Gasteiger partial charge in [0.2, 0.25) is 15.9 Å². The summed E-state index contributed by atoms with van der Waals surface area (Å²) in [5.74, 6) is -1.60. The van der Waals surface area contributed by atoms with Gasteiger partial charge < -0.3 is 15.0 Å². The summed E-state index contributed by atoms with van der Waals surface area (Å²) < 4.78 is 31.2. The molecule has 2 N–H and O–H groups in total. The number of amides is 2. The van der Waals surface area contributed by atoms with E-state index in [-0.39, 0.29) is 36.5 Å². The Hall–Kier alpha value is -2.46. The zero-order valence-corrected chi connectivity index (χ0v) is 15.3. The van der Waals surface area contributed by atoms with Gasteiger partial charge in [-0.05, 0) is 18.2 Å². The number of hydrogen-bond donors (Lipinski definition) is 2. The van der Waals surface area contributed by atoms with E-state index >= 15 is 0 Å². The Morgan fingerprint density at radius 3 is 2.77 bits per heavy atom. The molecule has 142 valence electrons. The van der Waals surface area contributed by atoms with Crippen LogP contribution in [0.4, 0.5) is 0 Å². The van der Waals surface area contributed by atoms with Crippen LogP contribution in [-0.4, -0.2) is 63.9 Å². The van der Waals surface area contributed by atoms with Crippen LogP contribution >= 0.6 is 0 Å². The van der Waals surface area contributed by atoms with E-state index in [1.165, 1.54) is 36.3 Å². The third-order valence-corrected chi connectivity index (χ3v) is 5.45. The minimum atomic E-state index is -3.72. The number of sulfonamides is 1. The normalized spacial score (nSPS) is 17.5. The Morgan fingerprint density at radius 1 is 1.38 bits per heavy atom. The molecular weight excluding hydrogens is 362 g/mol. The summed E-state index contributed by atoms with van der Waals surface area (Å²) in [5.41, 5.74) is 0.119. The molecule has 1 aromatic rings. The monoisotopic (exact) mass is 383 g/mol. The van der Waals surface area contributed by atoms with E-state index in [2.05, 4.69) is 14.8 Å². The molecule has 1 fully saturated rings. The molecule has 1 unspecified atom stereocenters. The number of nitrogens with zero attached hydrogens (tertiary/aromatic N) is 1. The average Bonchev–Trinajstić information content (AvgIpc) is 2.62. The lowest BCUT2D eigenvalue weighted by atomic mass is 10.1. The van der Waals surface area contributed by atoms with Crippen molar-refractivity contribution in [2.24, 2.45) is 0 Å². The van der Waals surface area contributed by atoms with Crippen molar-refractivity contribution >= 4 is 27.8 Å². The van der Waals surface area contributed by atoms with Crippen LogP contribution < -0.4 is 10.0 Å². The number of carbonyl (C=O) groups is 3. The summed E-state index contributed by atoms with van der Waals surface area (Å²) in [6.07, 6.45) is -0.274. The standard InChI is InChI=1S/C16H21N3O6S/c1-3-18-26(23,24)12-6-4-5-11(9-12)16(22)19-8-7-17-15(21)13(19)10-14(20)25-2/h4-6,9,13,18H,3,7-8,10H2,1-2H3,(H,17,21). The molecule has 1 atom stereocenters. The number of ether oxygens (including phenoxy) is 1. The van der Waals surface area contributed by atoms with Crippen LogP contribution in [0.2, 0.25) is 0 Å². The maximum absolute atomic E-state index is 12.8. The predicted octanol–water partition coefficient (Wildman–Crippen LogP) is -0.511. The molecular formula is C16H21N3O6S. The van der Waals surface area contributed by atoms with Crippen molar-refractivity contribution < 1.29 is 27.5 Å². The molecule has 0 saturated carbocycles. The summed E-state index contributed by atoms with van der Waals surface area (Å²) in [6, 6.07) is 4.55. The van der Waals surface area contributed by atoms with E-state index < -0.39 is 33.8 Å². The molecule has 0 spiro atoms. The van der Waals surface area contributed by atoms with Gasteiger partial charge in [-0.3, -0.25) is 14.4 Å². The minimum absolute atomic E-state index is 0.0452. The van der Waals surface area contributed by atoms with Crippen LogP contribution in [0.1, 0.15) is 23.7 Å². The van der Waals surface area contributed by atoms with Crippen molar-refractivity contribution in [2.45, 2.75) is 24.3 Å². The second-order valence-corrected chi connectivity index (χ2v) is 7.38. The molecule has 0 radical (unpaired) electrons. The Balaban J connectivity index is 2.31. The van der Waals surface area contributed by atoms with Crippen molar-refractivity contribution in [2.75, 3.05) is 26.7 Å². The van der Waals surface area contributed by atoms with Gasteiger partial charge in [0.15, 0.2) is 0 Å². The van der Waals surface area contributed by atoms with Gasteiger partial charge in [-0.1, -0.05) is 13.0 Å². The number of methoxy groups -OCH3 is 1. The number of benzene rings is 1. The second-order valence-electron chi connectivity index (χ2n) is 5.61. The zero-order valence-electron chi connectivity index (χ0n) is 14.5. The third kappa shape index (κ3) is 4.38. The van der Waals surface area contributed by atoms with E-state index in [0.29, 0.717) is 0 Å². The molecule has 1 saturated heterocycles. The van der Waals surface area contributed by atoms with Crippen LogP contribution in [-0.2, 0) is 24.3 Å². The lowest BCUT2D eigenvalue weighted by Gasteiger charge is -2.34. The summed E-state index contributed by atoms with van der Waals surface area (Å²) in [6.45, 7) is 2.32. The summed E-state index contributed by atoms with van der Waals surface area (Å²) >= 11 is 0. The summed E-state index contributed by atoms with van der Waals surface area (Å²) in [5, 5.41) is 2.60.